The average molecular weight is 431 g/mol. The Balaban J connectivity index is 1.73. The topological polar surface area (TPSA) is 84.6 Å². The van der Waals surface area contributed by atoms with Gasteiger partial charge in [-0.05, 0) is 44.4 Å². The minimum atomic E-state index is -4.87. The van der Waals surface area contributed by atoms with Crippen molar-refractivity contribution in [2.75, 3.05) is 26.2 Å². The molecule has 1 aliphatic heterocycles. The van der Waals surface area contributed by atoms with E-state index in [-0.39, 0.29) is 22.9 Å². The first-order chi connectivity index (χ1) is 13.3. The molecule has 29 heavy (non-hydrogen) atoms. The Hall–Kier alpha value is -1.67. The minimum absolute atomic E-state index is 0.116. The van der Waals surface area contributed by atoms with Gasteiger partial charge in [0.2, 0.25) is 10.0 Å². The van der Waals surface area contributed by atoms with Gasteiger partial charge in [0, 0.05) is 32.2 Å². The highest BCUT2D eigenvalue weighted by Gasteiger charge is 2.51. The molecule has 2 fully saturated rings. The van der Waals surface area contributed by atoms with E-state index in [4.69, 9.17) is 0 Å². The molecule has 1 saturated heterocycles. The van der Waals surface area contributed by atoms with E-state index in [1.807, 2.05) is 0 Å². The number of nitrogens with zero attached hydrogens (tertiary/aromatic N) is 3. The van der Waals surface area contributed by atoms with Crippen LogP contribution in [0.1, 0.15) is 32.3 Å². The van der Waals surface area contributed by atoms with Crippen molar-refractivity contribution in [3.8, 4) is 6.07 Å². The summed E-state index contributed by atoms with van der Waals surface area (Å²) in [6, 6.07) is 6.18. The molecular formula is C19H24F3N3O3S. The molecule has 6 nitrogen and oxygen atoms in total. The number of nitriles is 1. The highest BCUT2D eigenvalue weighted by Crippen LogP contribution is 2.45. The van der Waals surface area contributed by atoms with Crippen molar-refractivity contribution in [3.63, 3.8) is 0 Å². The molecule has 1 saturated carbocycles. The van der Waals surface area contributed by atoms with Crippen LogP contribution in [-0.4, -0.2) is 61.1 Å². The maximum absolute atomic E-state index is 13.0. The van der Waals surface area contributed by atoms with Gasteiger partial charge in [-0.15, -0.1) is 0 Å². The van der Waals surface area contributed by atoms with Crippen LogP contribution in [0.4, 0.5) is 13.2 Å². The molecule has 0 spiro atoms. The second kappa shape index (κ2) is 7.23. The molecule has 10 heteroatoms. The van der Waals surface area contributed by atoms with Gasteiger partial charge in [-0.3, -0.25) is 4.90 Å². The van der Waals surface area contributed by atoms with E-state index in [1.54, 1.807) is 6.92 Å². The van der Waals surface area contributed by atoms with E-state index in [0.29, 0.717) is 26.6 Å². The van der Waals surface area contributed by atoms with Crippen molar-refractivity contribution in [2.45, 2.75) is 49.4 Å². The van der Waals surface area contributed by atoms with Gasteiger partial charge in [-0.1, -0.05) is 12.1 Å². The largest absolute Gasteiger partial charge is 0.421 e. The summed E-state index contributed by atoms with van der Waals surface area (Å²) in [5.74, 6) is 0. The second-order valence-electron chi connectivity index (χ2n) is 8.19. The molecule has 2 aliphatic rings. The minimum Gasteiger partial charge on any atom is -0.376 e. The zero-order valence-corrected chi connectivity index (χ0v) is 17.1. The highest BCUT2D eigenvalue weighted by atomic mass is 32.2. The van der Waals surface area contributed by atoms with Gasteiger partial charge >= 0.3 is 6.18 Å². The summed E-state index contributed by atoms with van der Waals surface area (Å²) in [5, 5.41) is 19.0. The van der Waals surface area contributed by atoms with Gasteiger partial charge < -0.3 is 5.11 Å². The maximum Gasteiger partial charge on any atom is 0.421 e. The average Bonchev–Trinajstić information content (AvgIpc) is 3.40. The van der Waals surface area contributed by atoms with Crippen LogP contribution in [-0.2, 0) is 15.6 Å². The zero-order chi connectivity index (χ0) is 21.7. The number of piperazine rings is 1. The lowest BCUT2D eigenvalue weighted by Crippen LogP contribution is -2.54. The second-order valence-corrected chi connectivity index (χ2v) is 10.1. The summed E-state index contributed by atoms with van der Waals surface area (Å²) in [7, 11) is -3.89. The first kappa shape index (κ1) is 22.0. The molecule has 0 amide bonds. The van der Waals surface area contributed by atoms with E-state index >= 15 is 0 Å². The van der Waals surface area contributed by atoms with Crippen LogP contribution in [0.15, 0.2) is 29.2 Å². The molecule has 1 aromatic carbocycles. The molecular weight excluding hydrogens is 407 g/mol. The highest BCUT2D eigenvalue weighted by molar-refractivity contribution is 7.89. The van der Waals surface area contributed by atoms with Crippen molar-refractivity contribution >= 4 is 10.0 Å². The Morgan fingerprint density at radius 3 is 2.28 bits per heavy atom. The number of hydrogen-bond donors (Lipinski definition) is 1. The van der Waals surface area contributed by atoms with E-state index in [1.165, 1.54) is 4.31 Å². The number of rotatable bonds is 5. The number of aliphatic hydroxyl groups is 1. The fourth-order valence-electron chi connectivity index (χ4n) is 3.65. The number of alkyl halides is 3. The molecule has 3 rings (SSSR count). The molecule has 0 radical (unpaired) electrons. The lowest BCUT2D eigenvalue weighted by molar-refractivity contribution is -0.258. The van der Waals surface area contributed by atoms with Gasteiger partial charge in [0.15, 0.2) is 5.60 Å². The molecule has 1 N–H and O–H groups in total. The predicted molar refractivity (Wildman–Crippen MR) is 99.1 cm³/mol. The molecule has 1 aromatic rings. The maximum atomic E-state index is 13.0. The van der Waals surface area contributed by atoms with Gasteiger partial charge in [-0.25, -0.2) is 8.42 Å². The van der Waals surface area contributed by atoms with Gasteiger partial charge in [0.25, 0.3) is 0 Å². The lowest BCUT2D eigenvalue weighted by atomic mass is 9.96. The summed E-state index contributed by atoms with van der Waals surface area (Å²) in [5.41, 5.74) is -3.78. The Kier molecular flexibility index (Phi) is 5.49. The number of sulfonamides is 1. The normalized spacial score (nSPS) is 25.2. The van der Waals surface area contributed by atoms with Gasteiger partial charge in [0.1, 0.15) is 0 Å². The SMILES string of the molecule is CC1CN(CC2(C#N)CC2)CCN1S(=O)(=O)c1ccc([C@](C)(O)C(F)(F)F)cc1. The van der Waals surface area contributed by atoms with Crippen molar-refractivity contribution in [2.24, 2.45) is 5.41 Å². The summed E-state index contributed by atoms with van der Waals surface area (Å²) in [6.45, 7) is 4.26. The van der Waals surface area contributed by atoms with Crippen LogP contribution in [0.5, 0.6) is 0 Å². The van der Waals surface area contributed by atoms with Crippen LogP contribution >= 0.6 is 0 Å². The van der Waals surface area contributed by atoms with Gasteiger partial charge in [-0.2, -0.15) is 22.7 Å². The van der Waals surface area contributed by atoms with E-state index in [0.717, 1.165) is 37.1 Å². The van der Waals surface area contributed by atoms with Gasteiger partial charge in [0.05, 0.1) is 16.4 Å². The van der Waals surface area contributed by atoms with E-state index < -0.39 is 27.4 Å². The molecule has 1 aliphatic carbocycles. The van der Waals surface area contributed by atoms with Crippen LogP contribution in [0.3, 0.4) is 0 Å². The molecule has 160 valence electrons. The fourth-order valence-corrected chi connectivity index (χ4v) is 5.27. The number of halogens is 3. The first-order valence-electron chi connectivity index (χ1n) is 9.37. The third-order valence-electron chi connectivity index (χ3n) is 5.84. The quantitative estimate of drug-likeness (QED) is 0.774. The van der Waals surface area contributed by atoms with Crippen molar-refractivity contribution < 1.29 is 26.7 Å². The monoisotopic (exact) mass is 431 g/mol. The van der Waals surface area contributed by atoms with E-state index in [2.05, 4.69) is 11.0 Å². The smallest absolute Gasteiger partial charge is 0.376 e. The van der Waals surface area contributed by atoms with Crippen LogP contribution < -0.4 is 0 Å². The van der Waals surface area contributed by atoms with E-state index in [9.17, 15) is 32.0 Å². The first-order valence-corrected chi connectivity index (χ1v) is 10.8. The zero-order valence-electron chi connectivity index (χ0n) is 16.3. The Labute approximate surface area is 168 Å². The Morgan fingerprint density at radius 1 is 1.24 bits per heavy atom. The summed E-state index contributed by atoms with van der Waals surface area (Å²) in [6.07, 6.45) is -3.14. The van der Waals surface area contributed by atoms with Crippen molar-refractivity contribution in [3.05, 3.63) is 29.8 Å². The third kappa shape index (κ3) is 4.14. The third-order valence-corrected chi connectivity index (χ3v) is 7.87. The standard InChI is InChI=1S/C19H24F3N3O3S/c1-14-11-24(13-18(12-23)7-8-18)9-10-25(14)29(27,28)16-5-3-15(4-6-16)17(2,26)19(20,21)22/h3-6,14,26H,7-11,13H2,1-2H3/t14?,17-/m0/s1. The van der Waals surface area contributed by atoms with Crippen LogP contribution in [0.2, 0.25) is 0 Å². The number of hydrogen-bond acceptors (Lipinski definition) is 5. The summed E-state index contributed by atoms with van der Waals surface area (Å²) >= 11 is 0. The molecule has 1 heterocycles. The molecule has 1 unspecified atom stereocenters. The Morgan fingerprint density at radius 2 is 1.83 bits per heavy atom. The summed E-state index contributed by atoms with van der Waals surface area (Å²) in [4.78, 5) is 1.98. The molecule has 2 atom stereocenters. The van der Waals surface area contributed by atoms with Crippen LogP contribution in [0.25, 0.3) is 0 Å². The fraction of sp³-hybridized carbons (Fsp3) is 0.632. The molecule has 0 bridgehead atoms. The Bertz CT molecular complexity index is 903. The lowest BCUT2D eigenvalue weighted by Gasteiger charge is -2.39. The van der Waals surface area contributed by atoms with Crippen LogP contribution in [0, 0.1) is 16.7 Å². The predicted octanol–water partition coefficient (Wildman–Crippen LogP) is 2.45. The molecule has 0 aromatic heterocycles. The van der Waals surface area contributed by atoms with Crippen molar-refractivity contribution in [1.29, 1.82) is 5.26 Å². The number of benzene rings is 1. The van der Waals surface area contributed by atoms with Crippen molar-refractivity contribution in [1.82, 2.24) is 9.21 Å². The summed E-state index contributed by atoms with van der Waals surface area (Å²) < 4.78 is 66.2.